The number of aliphatic hydroxyl groups excluding tert-OH is 2. The van der Waals surface area contributed by atoms with Crippen LogP contribution in [0.3, 0.4) is 0 Å². The zero-order chi connectivity index (χ0) is 31.4. The van der Waals surface area contributed by atoms with Gasteiger partial charge < -0.3 is 40.1 Å². The number of nitrogens with zero attached hydrogens (tertiary/aromatic N) is 8. The molecular weight excluding hydrogens is 624 g/mol. The molecule has 8 bridgehead atoms. The summed E-state index contributed by atoms with van der Waals surface area (Å²) in [6.07, 6.45) is -1.19. The standard InChI is InChI=1S/C32H16N8.C4H10O2.Ti/c1-2-10-18-17(9-1)25-33-26(18)38-28-21-13-5-6-14-22(21)30(35-28)40-32-24-16-8-7-15-23(24)31(36-32)39-29-20-12-4-3-11-19(20)27(34-29)37-25;1-3(5)4(2)6;/h1-16H;3-6H,1-2H3;/q-2;;+2/t;3-,4+;. The Balaban J connectivity index is 0.000000462. The van der Waals surface area contributed by atoms with Crippen molar-refractivity contribution in [3.05, 3.63) is 97.1 Å². The van der Waals surface area contributed by atoms with E-state index in [1.54, 1.807) is 13.8 Å². The molecule has 2 atom stereocenters. The van der Waals surface area contributed by atoms with Gasteiger partial charge in [0.2, 0.25) is 0 Å². The van der Waals surface area contributed by atoms with Gasteiger partial charge in [-0.15, -0.1) is 0 Å². The van der Waals surface area contributed by atoms with Crippen LogP contribution in [0.2, 0.25) is 0 Å². The SMILES string of the molecule is C[C@H](O)[C@@H](C)O.[Ti+2].c1ccc2c(c1)-c1nc-2nc2[n-]c(nc3nc(nc4[n-]c(n1)c1ccccc41)-c1ccccc1-3)c1ccccc21. The second-order valence-corrected chi connectivity index (χ2v) is 11.1. The topological polar surface area (TPSA) is 146 Å². The predicted molar refractivity (Wildman–Crippen MR) is 177 cm³/mol. The predicted octanol–water partition coefficient (Wildman–Crippen LogP) is 5.87. The van der Waals surface area contributed by atoms with Gasteiger partial charge in [-0.05, 0) is 35.4 Å². The molecule has 0 radical (unpaired) electrons. The Morgan fingerprint density at radius 2 is 0.638 bits per heavy atom. The van der Waals surface area contributed by atoms with E-state index in [0.717, 1.165) is 43.8 Å². The van der Waals surface area contributed by atoms with Crippen LogP contribution >= 0.6 is 0 Å². The summed E-state index contributed by atoms with van der Waals surface area (Å²) < 4.78 is 0. The number of hydrogen-bond donors (Lipinski definition) is 2. The Morgan fingerprint density at radius 3 is 0.872 bits per heavy atom. The van der Waals surface area contributed by atoms with Gasteiger partial charge in [-0.2, -0.15) is 0 Å². The van der Waals surface area contributed by atoms with E-state index in [1.165, 1.54) is 0 Å². The molecule has 4 aromatic carbocycles. The van der Waals surface area contributed by atoms with Gasteiger partial charge in [0.25, 0.3) is 0 Å². The normalized spacial score (nSPS) is 12.8. The molecule has 10 nitrogen and oxygen atoms in total. The second kappa shape index (κ2) is 12.2. The molecule has 0 saturated heterocycles. The maximum absolute atomic E-state index is 8.38. The van der Waals surface area contributed by atoms with Gasteiger partial charge >= 0.3 is 21.7 Å². The van der Waals surface area contributed by atoms with E-state index in [-0.39, 0.29) is 21.7 Å². The Morgan fingerprint density at radius 1 is 0.404 bits per heavy atom. The van der Waals surface area contributed by atoms with Crippen molar-refractivity contribution in [1.29, 1.82) is 0 Å². The minimum atomic E-state index is -0.593. The summed E-state index contributed by atoms with van der Waals surface area (Å²) in [4.78, 5) is 39.3. The zero-order valence-corrected chi connectivity index (χ0v) is 26.9. The van der Waals surface area contributed by atoms with Crippen molar-refractivity contribution in [1.82, 2.24) is 39.9 Å². The minimum absolute atomic E-state index is 0. The number of fused-ring (bicyclic) bond motifs is 20. The molecule has 3 aromatic heterocycles. The van der Waals surface area contributed by atoms with Crippen molar-refractivity contribution in [2.45, 2.75) is 26.1 Å². The van der Waals surface area contributed by atoms with E-state index in [9.17, 15) is 0 Å². The molecule has 2 N–H and O–H groups in total. The van der Waals surface area contributed by atoms with Crippen LogP contribution in [0.5, 0.6) is 0 Å². The van der Waals surface area contributed by atoms with Crippen LogP contribution in [0.1, 0.15) is 13.8 Å². The molecule has 2 aliphatic heterocycles. The van der Waals surface area contributed by atoms with Crippen LogP contribution in [0.15, 0.2) is 97.1 Å². The molecule has 0 saturated carbocycles. The van der Waals surface area contributed by atoms with E-state index < -0.39 is 12.2 Å². The van der Waals surface area contributed by atoms with E-state index in [1.807, 2.05) is 97.1 Å². The fraction of sp³-hybridized carbons (Fsp3) is 0.111. The number of aliphatic hydroxyl groups is 2. The van der Waals surface area contributed by atoms with Crippen LogP contribution in [-0.4, -0.2) is 52.3 Å². The molecule has 2 aliphatic rings. The Labute approximate surface area is 283 Å². The first-order valence-electron chi connectivity index (χ1n) is 14.9. The average Bonchev–Trinajstić information content (AvgIpc) is 3.81. The van der Waals surface area contributed by atoms with Crippen molar-refractivity contribution < 1.29 is 31.9 Å². The second-order valence-electron chi connectivity index (χ2n) is 11.1. The van der Waals surface area contributed by atoms with Crippen LogP contribution in [0.25, 0.3) is 89.7 Å². The smallest absolute Gasteiger partial charge is 0.391 e. The summed E-state index contributed by atoms with van der Waals surface area (Å²) in [6.45, 7) is 3.09. The largest absolute Gasteiger partial charge is 2.00 e. The molecule has 0 spiro atoms. The molecule has 0 unspecified atom stereocenters. The molecule has 9 rings (SSSR count). The minimum Gasteiger partial charge on any atom is -0.391 e. The van der Waals surface area contributed by atoms with Gasteiger partial charge in [-0.25, -0.2) is 9.97 Å². The molecule has 11 heteroatoms. The fourth-order valence-electron chi connectivity index (χ4n) is 5.46. The summed E-state index contributed by atoms with van der Waals surface area (Å²) in [5, 5.41) is 20.3. The van der Waals surface area contributed by atoms with Gasteiger partial charge in [-0.1, -0.05) is 97.1 Å². The summed E-state index contributed by atoms with van der Waals surface area (Å²) in [7, 11) is 0. The molecule has 0 fully saturated rings. The van der Waals surface area contributed by atoms with Crippen LogP contribution in [0, 0.1) is 0 Å². The Kier molecular flexibility index (Phi) is 7.95. The van der Waals surface area contributed by atoms with Crippen molar-refractivity contribution in [3.8, 4) is 45.6 Å². The average molecular weight is 651 g/mol. The van der Waals surface area contributed by atoms with Gasteiger partial charge in [0.05, 0.1) is 35.5 Å². The van der Waals surface area contributed by atoms with Crippen LogP contribution < -0.4 is 9.97 Å². The molecule has 5 heterocycles. The van der Waals surface area contributed by atoms with Gasteiger partial charge in [0.15, 0.2) is 0 Å². The van der Waals surface area contributed by atoms with E-state index in [4.69, 9.17) is 50.1 Å². The van der Waals surface area contributed by atoms with E-state index >= 15 is 0 Å². The molecule has 47 heavy (non-hydrogen) atoms. The third-order valence-corrected chi connectivity index (χ3v) is 8.03. The van der Waals surface area contributed by atoms with Crippen molar-refractivity contribution in [3.63, 3.8) is 0 Å². The van der Waals surface area contributed by atoms with Crippen molar-refractivity contribution in [2.75, 3.05) is 0 Å². The number of aromatic nitrogens is 8. The summed E-state index contributed by atoms with van der Waals surface area (Å²) in [6, 6.07) is 31.8. The number of benzene rings is 4. The van der Waals surface area contributed by atoms with Crippen LogP contribution in [-0.2, 0) is 21.7 Å². The third-order valence-electron chi connectivity index (χ3n) is 8.03. The van der Waals surface area contributed by atoms with Gasteiger partial charge in [0, 0.05) is 44.8 Å². The molecule has 7 aromatic rings. The van der Waals surface area contributed by atoms with E-state index in [2.05, 4.69) is 0 Å². The quantitative estimate of drug-likeness (QED) is 0.207. The van der Waals surface area contributed by atoms with Gasteiger partial charge in [-0.3, -0.25) is 0 Å². The Hall–Kier alpha value is -5.13. The maximum Gasteiger partial charge on any atom is 2.00 e. The van der Waals surface area contributed by atoms with Crippen molar-refractivity contribution >= 4 is 44.1 Å². The monoisotopic (exact) mass is 650 g/mol. The molecule has 226 valence electrons. The van der Waals surface area contributed by atoms with Crippen LogP contribution in [0.4, 0.5) is 0 Å². The fourth-order valence-corrected chi connectivity index (χ4v) is 5.46. The maximum atomic E-state index is 8.38. The summed E-state index contributed by atoms with van der Waals surface area (Å²) in [5.74, 6) is 2.21. The first-order chi connectivity index (χ1) is 22.4. The molecule has 0 aliphatic carbocycles. The number of rotatable bonds is 1. The third kappa shape index (κ3) is 5.41. The first kappa shape index (κ1) is 30.5. The first-order valence-corrected chi connectivity index (χ1v) is 14.9. The molecular formula is C36H26N8O2Ti. The van der Waals surface area contributed by atoms with E-state index in [0.29, 0.717) is 45.9 Å². The summed E-state index contributed by atoms with van der Waals surface area (Å²) in [5.41, 5.74) is 5.78. The molecule has 0 amide bonds. The zero-order valence-electron chi connectivity index (χ0n) is 25.4. The summed E-state index contributed by atoms with van der Waals surface area (Å²) >= 11 is 0. The van der Waals surface area contributed by atoms with Crippen molar-refractivity contribution in [2.24, 2.45) is 0 Å². The van der Waals surface area contributed by atoms with Gasteiger partial charge in [0.1, 0.15) is 0 Å². The number of hydrogen-bond acceptors (Lipinski definition) is 8. The Bertz CT molecular complexity index is 2140.